The molecule has 4 N–H and O–H groups in total. The standard InChI is InChI=1S/C18H20N6O3/c19-15(26)11-3-7-24(8-4-11)18-22-16-14(17(27)23-18)12(9-13(25)21-16)10-1-5-20-6-2-10/h1-2,5-6,11-12H,3-4,7-9H2,(H2,19,26)(H2,21,22,23,25,27). The fourth-order valence-electron chi connectivity index (χ4n) is 3.77. The topological polar surface area (TPSA) is 134 Å². The molecule has 2 aliphatic rings. The Morgan fingerprint density at radius 1 is 1.19 bits per heavy atom. The number of rotatable bonds is 3. The van der Waals surface area contributed by atoms with Crippen molar-refractivity contribution in [2.75, 3.05) is 23.3 Å². The minimum absolute atomic E-state index is 0.152. The van der Waals surface area contributed by atoms with Gasteiger partial charge in [0.1, 0.15) is 5.82 Å². The third-order valence-electron chi connectivity index (χ3n) is 5.24. The number of aromatic nitrogens is 3. The van der Waals surface area contributed by atoms with Crippen LogP contribution < -0.4 is 21.5 Å². The number of carbonyl (C=O) groups excluding carboxylic acids is 2. The Balaban J connectivity index is 1.67. The zero-order chi connectivity index (χ0) is 19.0. The molecular weight excluding hydrogens is 348 g/mol. The zero-order valence-corrected chi connectivity index (χ0v) is 14.6. The number of anilines is 2. The first-order valence-electron chi connectivity index (χ1n) is 8.91. The van der Waals surface area contributed by atoms with Gasteiger partial charge < -0.3 is 16.0 Å². The van der Waals surface area contributed by atoms with Crippen molar-refractivity contribution >= 4 is 23.6 Å². The molecule has 1 saturated heterocycles. The second kappa shape index (κ2) is 6.82. The number of nitrogens with two attached hydrogens (primary N) is 1. The van der Waals surface area contributed by atoms with Gasteiger partial charge in [-0.25, -0.2) is 0 Å². The van der Waals surface area contributed by atoms with Gasteiger partial charge in [-0.1, -0.05) is 0 Å². The van der Waals surface area contributed by atoms with E-state index in [1.807, 2.05) is 4.90 Å². The fraction of sp³-hybridized carbons (Fsp3) is 0.389. The van der Waals surface area contributed by atoms with E-state index in [-0.39, 0.29) is 35.6 Å². The average molecular weight is 368 g/mol. The molecule has 2 aromatic heterocycles. The Kier molecular flexibility index (Phi) is 4.35. The molecule has 0 saturated carbocycles. The van der Waals surface area contributed by atoms with E-state index in [2.05, 4.69) is 20.3 Å². The van der Waals surface area contributed by atoms with Crippen LogP contribution in [0.2, 0.25) is 0 Å². The lowest BCUT2D eigenvalue weighted by Crippen LogP contribution is -2.41. The number of aromatic amines is 1. The second-order valence-electron chi connectivity index (χ2n) is 6.90. The van der Waals surface area contributed by atoms with E-state index < -0.39 is 0 Å². The first-order chi connectivity index (χ1) is 13.0. The first kappa shape index (κ1) is 17.2. The Morgan fingerprint density at radius 3 is 2.56 bits per heavy atom. The van der Waals surface area contributed by atoms with Crippen LogP contribution in [0.4, 0.5) is 11.8 Å². The Labute approximate surface area is 155 Å². The number of nitrogens with zero attached hydrogens (tertiary/aromatic N) is 3. The van der Waals surface area contributed by atoms with E-state index in [4.69, 9.17) is 5.73 Å². The van der Waals surface area contributed by atoms with Crippen LogP contribution in [-0.2, 0) is 9.59 Å². The lowest BCUT2D eigenvalue weighted by molar-refractivity contribution is -0.122. The molecule has 140 valence electrons. The van der Waals surface area contributed by atoms with Gasteiger partial charge in [0.05, 0.1) is 5.56 Å². The van der Waals surface area contributed by atoms with Crippen molar-refractivity contribution in [1.29, 1.82) is 0 Å². The highest BCUT2D eigenvalue weighted by molar-refractivity contribution is 5.94. The zero-order valence-electron chi connectivity index (χ0n) is 14.6. The SMILES string of the molecule is NC(=O)C1CCN(c2nc3c(c(=O)[nH]2)C(c2ccncc2)CC(=O)N3)CC1. The summed E-state index contributed by atoms with van der Waals surface area (Å²) in [5, 5.41) is 2.72. The van der Waals surface area contributed by atoms with Gasteiger partial charge >= 0.3 is 0 Å². The molecule has 2 aromatic rings. The third-order valence-corrected chi connectivity index (χ3v) is 5.24. The minimum Gasteiger partial charge on any atom is -0.369 e. The van der Waals surface area contributed by atoms with Crippen molar-refractivity contribution in [2.24, 2.45) is 11.7 Å². The van der Waals surface area contributed by atoms with Crippen molar-refractivity contribution in [3.8, 4) is 0 Å². The van der Waals surface area contributed by atoms with Crippen LogP contribution in [0.1, 0.15) is 36.3 Å². The Hall–Kier alpha value is -3.23. The fourth-order valence-corrected chi connectivity index (χ4v) is 3.77. The van der Waals surface area contributed by atoms with Crippen molar-refractivity contribution in [3.63, 3.8) is 0 Å². The monoisotopic (exact) mass is 368 g/mol. The summed E-state index contributed by atoms with van der Waals surface area (Å²) in [5.41, 5.74) is 6.41. The van der Waals surface area contributed by atoms with Crippen LogP contribution in [0, 0.1) is 5.92 Å². The smallest absolute Gasteiger partial charge is 0.258 e. The van der Waals surface area contributed by atoms with Gasteiger partial charge in [-0.05, 0) is 30.5 Å². The number of carbonyl (C=O) groups is 2. The molecular formula is C18H20N6O3. The second-order valence-corrected chi connectivity index (χ2v) is 6.90. The maximum absolute atomic E-state index is 12.8. The molecule has 9 nitrogen and oxygen atoms in total. The first-order valence-corrected chi connectivity index (χ1v) is 8.91. The number of fused-ring (bicyclic) bond motifs is 1. The summed E-state index contributed by atoms with van der Waals surface area (Å²) in [6.07, 6.45) is 4.69. The summed E-state index contributed by atoms with van der Waals surface area (Å²) in [5.74, 6) is -0.292. The predicted molar refractivity (Wildman–Crippen MR) is 98.3 cm³/mol. The molecule has 1 atom stereocenters. The van der Waals surface area contributed by atoms with Crippen LogP contribution in [-0.4, -0.2) is 39.9 Å². The van der Waals surface area contributed by atoms with E-state index in [1.165, 1.54) is 0 Å². The molecule has 4 rings (SSSR count). The number of hydrogen-bond donors (Lipinski definition) is 3. The number of hydrogen-bond acceptors (Lipinski definition) is 6. The Morgan fingerprint density at radius 2 is 1.89 bits per heavy atom. The number of amides is 2. The molecule has 0 spiro atoms. The Bertz CT molecular complexity index is 934. The summed E-state index contributed by atoms with van der Waals surface area (Å²) in [6, 6.07) is 3.60. The van der Waals surface area contributed by atoms with Crippen molar-refractivity contribution < 1.29 is 9.59 Å². The van der Waals surface area contributed by atoms with Crippen LogP contribution in [0.3, 0.4) is 0 Å². The van der Waals surface area contributed by atoms with Crippen LogP contribution in [0.25, 0.3) is 0 Å². The van der Waals surface area contributed by atoms with Crippen LogP contribution >= 0.6 is 0 Å². The normalized spacial score (nSPS) is 20.1. The summed E-state index contributed by atoms with van der Waals surface area (Å²) in [4.78, 5) is 49.6. The lowest BCUT2D eigenvalue weighted by Gasteiger charge is -2.32. The van der Waals surface area contributed by atoms with Crippen LogP contribution in [0.15, 0.2) is 29.3 Å². The van der Waals surface area contributed by atoms with Crippen molar-refractivity contribution in [2.45, 2.75) is 25.2 Å². The quantitative estimate of drug-likeness (QED) is 0.715. The molecule has 9 heteroatoms. The molecule has 0 aliphatic carbocycles. The molecule has 1 unspecified atom stereocenters. The number of pyridine rings is 1. The van der Waals surface area contributed by atoms with E-state index in [9.17, 15) is 14.4 Å². The van der Waals surface area contributed by atoms with Crippen molar-refractivity contribution in [3.05, 3.63) is 46.0 Å². The number of piperidine rings is 1. The van der Waals surface area contributed by atoms with Crippen molar-refractivity contribution in [1.82, 2.24) is 15.0 Å². The molecule has 2 amide bonds. The van der Waals surface area contributed by atoms with Gasteiger partial charge in [-0.3, -0.25) is 24.4 Å². The molecule has 27 heavy (non-hydrogen) atoms. The lowest BCUT2D eigenvalue weighted by atomic mass is 9.87. The highest BCUT2D eigenvalue weighted by atomic mass is 16.2. The molecule has 0 bridgehead atoms. The van der Waals surface area contributed by atoms with Crippen LogP contribution in [0.5, 0.6) is 0 Å². The van der Waals surface area contributed by atoms with Gasteiger partial charge in [0, 0.05) is 43.7 Å². The van der Waals surface area contributed by atoms with E-state index in [0.29, 0.717) is 43.3 Å². The highest BCUT2D eigenvalue weighted by Gasteiger charge is 2.32. The maximum Gasteiger partial charge on any atom is 0.258 e. The maximum atomic E-state index is 12.8. The van der Waals surface area contributed by atoms with Gasteiger partial charge in [-0.2, -0.15) is 4.98 Å². The van der Waals surface area contributed by atoms with E-state index >= 15 is 0 Å². The molecule has 0 radical (unpaired) electrons. The molecule has 4 heterocycles. The number of nitrogens with one attached hydrogen (secondary N) is 2. The number of H-pyrrole nitrogens is 1. The van der Waals surface area contributed by atoms with Gasteiger partial charge in [-0.15, -0.1) is 0 Å². The van der Waals surface area contributed by atoms with Gasteiger partial charge in [0.25, 0.3) is 5.56 Å². The third kappa shape index (κ3) is 3.27. The summed E-state index contributed by atoms with van der Waals surface area (Å²) < 4.78 is 0. The van der Waals surface area contributed by atoms with Gasteiger partial charge in [0.15, 0.2) is 0 Å². The summed E-state index contributed by atoms with van der Waals surface area (Å²) >= 11 is 0. The van der Waals surface area contributed by atoms with E-state index in [0.717, 1.165) is 5.56 Å². The largest absolute Gasteiger partial charge is 0.369 e. The predicted octanol–water partition coefficient (Wildman–Crippen LogP) is 0.341. The summed E-state index contributed by atoms with van der Waals surface area (Å²) in [7, 11) is 0. The molecule has 1 fully saturated rings. The number of primary amides is 1. The molecule has 2 aliphatic heterocycles. The van der Waals surface area contributed by atoms with Gasteiger partial charge in [0.2, 0.25) is 17.8 Å². The minimum atomic E-state index is -0.359. The average Bonchev–Trinajstić information content (AvgIpc) is 2.67. The summed E-state index contributed by atoms with van der Waals surface area (Å²) in [6.45, 7) is 1.13. The molecule has 0 aromatic carbocycles. The highest BCUT2D eigenvalue weighted by Crippen LogP contribution is 2.34. The van der Waals surface area contributed by atoms with E-state index in [1.54, 1.807) is 24.5 Å².